The Bertz CT molecular complexity index is 365. The maximum Gasteiger partial charge on any atom is 0.224 e. The van der Waals surface area contributed by atoms with E-state index in [-0.39, 0.29) is 30.1 Å². The molecular formula is C10H22ClN3O3S. The monoisotopic (exact) mass is 299 g/mol. The van der Waals surface area contributed by atoms with Crippen LogP contribution in [0.4, 0.5) is 0 Å². The maximum atomic E-state index is 11.7. The minimum atomic E-state index is -3.12. The van der Waals surface area contributed by atoms with Crippen molar-refractivity contribution < 1.29 is 13.2 Å². The predicted molar refractivity (Wildman–Crippen MR) is 73.1 cm³/mol. The Hall–Kier alpha value is -0.370. The third-order valence-corrected chi connectivity index (χ3v) is 4.73. The summed E-state index contributed by atoms with van der Waals surface area (Å²) in [7, 11) is -3.12. The summed E-state index contributed by atoms with van der Waals surface area (Å²) < 4.78 is 24.7. The van der Waals surface area contributed by atoms with Gasteiger partial charge in [-0.05, 0) is 13.8 Å². The van der Waals surface area contributed by atoms with Gasteiger partial charge in [-0.3, -0.25) is 4.79 Å². The van der Waals surface area contributed by atoms with Crippen molar-refractivity contribution in [2.45, 2.75) is 26.3 Å². The van der Waals surface area contributed by atoms with Gasteiger partial charge in [-0.15, -0.1) is 12.4 Å². The molecule has 1 saturated heterocycles. The SMILES string of the molecule is CCS(=O)(=O)N1CCN(C(=O)CC(C)N)CC1.Cl. The second kappa shape index (κ2) is 7.28. The Morgan fingerprint density at radius 1 is 1.28 bits per heavy atom. The smallest absolute Gasteiger partial charge is 0.224 e. The van der Waals surface area contributed by atoms with E-state index in [0.29, 0.717) is 32.6 Å². The van der Waals surface area contributed by atoms with Crippen LogP contribution in [0.2, 0.25) is 0 Å². The first-order valence-corrected chi connectivity index (χ1v) is 7.49. The molecule has 1 unspecified atom stereocenters. The molecule has 0 spiro atoms. The van der Waals surface area contributed by atoms with Gasteiger partial charge in [0.05, 0.1) is 5.75 Å². The van der Waals surface area contributed by atoms with Crippen molar-refractivity contribution in [1.82, 2.24) is 9.21 Å². The van der Waals surface area contributed by atoms with E-state index in [1.807, 2.05) is 0 Å². The lowest BCUT2D eigenvalue weighted by Gasteiger charge is -2.34. The zero-order valence-electron chi connectivity index (χ0n) is 10.8. The highest BCUT2D eigenvalue weighted by Crippen LogP contribution is 2.09. The standard InChI is InChI=1S/C10H21N3O3S.ClH/c1-3-17(15,16)13-6-4-12(5-7-13)10(14)8-9(2)11;/h9H,3-8,11H2,1-2H3;1H. The lowest BCUT2D eigenvalue weighted by molar-refractivity contribution is -0.132. The molecule has 1 amide bonds. The van der Waals surface area contributed by atoms with E-state index in [9.17, 15) is 13.2 Å². The van der Waals surface area contributed by atoms with Crippen LogP contribution >= 0.6 is 12.4 Å². The Morgan fingerprint density at radius 2 is 1.78 bits per heavy atom. The zero-order chi connectivity index (χ0) is 13.1. The fourth-order valence-electron chi connectivity index (χ4n) is 1.80. The highest BCUT2D eigenvalue weighted by Gasteiger charge is 2.27. The van der Waals surface area contributed by atoms with Gasteiger partial charge in [0.15, 0.2) is 0 Å². The molecule has 8 heteroatoms. The topological polar surface area (TPSA) is 83.7 Å². The molecule has 18 heavy (non-hydrogen) atoms. The first-order valence-electron chi connectivity index (χ1n) is 5.88. The number of halogens is 1. The maximum absolute atomic E-state index is 11.7. The van der Waals surface area contributed by atoms with E-state index in [0.717, 1.165) is 0 Å². The van der Waals surface area contributed by atoms with Gasteiger partial charge in [-0.25, -0.2) is 8.42 Å². The molecule has 1 fully saturated rings. The van der Waals surface area contributed by atoms with Gasteiger partial charge >= 0.3 is 0 Å². The number of carbonyl (C=O) groups excluding carboxylic acids is 1. The van der Waals surface area contributed by atoms with Crippen molar-refractivity contribution in [3.05, 3.63) is 0 Å². The van der Waals surface area contributed by atoms with Crippen molar-refractivity contribution in [2.24, 2.45) is 5.73 Å². The molecule has 1 aliphatic heterocycles. The summed E-state index contributed by atoms with van der Waals surface area (Å²) in [5.74, 6) is 0.120. The Morgan fingerprint density at radius 3 is 2.17 bits per heavy atom. The van der Waals surface area contributed by atoms with E-state index >= 15 is 0 Å². The highest BCUT2D eigenvalue weighted by atomic mass is 35.5. The predicted octanol–water partition coefficient (Wildman–Crippen LogP) is -0.361. The molecule has 0 aromatic carbocycles. The normalized spacial score (nSPS) is 19.2. The minimum Gasteiger partial charge on any atom is -0.340 e. The number of nitrogens with two attached hydrogens (primary N) is 1. The Labute approximate surface area is 115 Å². The largest absolute Gasteiger partial charge is 0.340 e. The van der Waals surface area contributed by atoms with E-state index in [1.165, 1.54) is 4.31 Å². The van der Waals surface area contributed by atoms with E-state index in [2.05, 4.69) is 0 Å². The van der Waals surface area contributed by atoms with Crippen LogP contribution < -0.4 is 5.73 Å². The molecule has 0 aliphatic carbocycles. The molecule has 0 aromatic heterocycles. The number of hydrogen-bond donors (Lipinski definition) is 1. The molecule has 1 heterocycles. The van der Waals surface area contributed by atoms with Crippen LogP contribution in [0, 0.1) is 0 Å². The highest BCUT2D eigenvalue weighted by molar-refractivity contribution is 7.89. The van der Waals surface area contributed by atoms with Crippen LogP contribution in [0.3, 0.4) is 0 Å². The summed E-state index contributed by atoms with van der Waals surface area (Å²) in [5.41, 5.74) is 5.56. The van der Waals surface area contributed by atoms with E-state index < -0.39 is 10.0 Å². The minimum absolute atomic E-state index is 0. The molecular weight excluding hydrogens is 278 g/mol. The van der Waals surface area contributed by atoms with Gasteiger partial charge < -0.3 is 10.6 Å². The van der Waals surface area contributed by atoms with Crippen LogP contribution in [0.25, 0.3) is 0 Å². The van der Waals surface area contributed by atoms with Gasteiger partial charge in [0.2, 0.25) is 15.9 Å². The zero-order valence-corrected chi connectivity index (χ0v) is 12.5. The van der Waals surface area contributed by atoms with Crippen LogP contribution in [0.1, 0.15) is 20.3 Å². The third kappa shape index (κ3) is 4.72. The Kier molecular flexibility index (Phi) is 7.13. The summed E-state index contributed by atoms with van der Waals surface area (Å²) in [5, 5.41) is 0. The molecule has 0 bridgehead atoms. The number of nitrogens with zero attached hydrogens (tertiary/aromatic N) is 2. The third-order valence-electron chi connectivity index (χ3n) is 2.85. The summed E-state index contributed by atoms with van der Waals surface area (Å²) in [6.45, 7) is 5.12. The van der Waals surface area contributed by atoms with Crippen molar-refractivity contribution in [1.29, 1.82) is 0 Å². The Balaban J connectivity index is 0.00000289. The van der Waals surface area contributed by atoms with Crippen LogP contribution in [-0.2, 0) is 14.8 Å². The molecule has 6 nitrogen and oxygen atoms in total. The lowest BCUT2D eigenvalue weighted by Crippen LogP contribution is -2.51. The molecule has 1 rings (SSSR count). The number of hydrogen-bond acceptors (Lipinski definition) is 4. The molecule has 1 atom stereocenters. The molecule has 1 aliphatic rings. The average molecular weight is 300 g/mol. The van der Waals surface area contributed by atoms with Crippen LogP contribution in [-0.4, -0.2) is 61.5 Å². The van der Waals surface area contributed by atoms with Gasteiger partial charge in [-0.2, -0.15) is 4.31 Å². The number of carbonyl (C=O) groups is 1. The number of piperazine rings is 1. The summed E-state index contributed by atoms with van der Waals surface area (Å²) in [4.78, 5) is 13.4. The number of amides is 1. The average Bonchev–Trinajstić information content (AvgIpc) is 2.28. The fourth-order valence-corrected chi connectivity index (χ4v) is 2.89. The van der Waals surface area contributed by atoms with Gasteiger partial charge in [0.25, 0.3) is 0 Å². The van der Waals surface area contributed by atoms with Crippen molar-refractivity contribution >= 4 is 28.3 Å². The lowest BCUT2D eigenvalue weighted by atomic mass is 10.2. The van der Waals surface area contributed by atoms with Gasteiger partial charge in [-0.1, -0.05) is 0 Å². The van der Waals surface area contributed by atoms with Crippen molar-refractivity contribution in [3.63, 3.8) is 0 Å². The molecule has 0 aromatic rings. The van der Waals surface area contributed by atoms with Crippen molar-refractivity contribution in [3.8, 4) is 0 Å². The fraction of sp³-hybridized carbons (Fsp3) is 0.900. The second-order valence-corrected chi connectivity index (χ2v) is 6.62. The quantitative estimate of drug-likeness (QED) is 0.768. The van der Waals surface area contributed by atoms with Gasteiger partial charge in [0, 0.05) is 38.6 Å². The first-order chi connectivity index (χ1) is 7.86. The molecule has 0 radical (unpaired) electrons. The molecule has 0 saturated carbocycles. The van der Waals surface area contributed by atoms with Gasteiger partial charge in [0.1, 0.15) is 0 Å². The van der Waals surface area contributed by atoms with Crippen molar-refractivity contribution in [2.75, 3.05) is 31.9 Å². The first kappa shape index (κ1) is 17.6. The number of rotatable bonds is 4. The molecule has 2 N–H and O–H groups in total. The summed E-state index contributed by atoms with van der Waals surface area (Å²) in [6.07, 6.45) is 0.320. The second-order valence-electron chi connectivity index (χ2n) is 4.36. The summed E-state index contributed by atoms with van der Waals surface area (Å²) in [6, 6.07) is -0.153. The van der Waals surface area contributed by atoms with Crippen LogP contribution in [0.15, 0.2) is 0 Å². The van der Waals surface area contributed by atoms with E-state index in [1.54, 1.807) is 18.7 Å². The molecule has 108 valence electrons. The summed E-state index contributed by atoms with van der Waals surface area (Å²) >= 11 is 0. The number of sulfonamides is 1. The van der Waals surface area contributed by atoms with E-state index in [4.69, 9.17) is 5.73 Å². The van der Waals surface area contributed by atoms with Crippen LogP contribution in [0.5, 0.6) is 0 Å².